The maximum Gasteiger partial charge on any atom is 0.138 e. The number of aliphatic hydroxyl groups is 1. The Morgan fingerprint density at radius 3 is 2.44 bits per heavy atom. The van der Waals surface area contributed by atoms with Crippen molar-refractivity contribution in [1.82, 2.24) is 0 Å². The van der Waals surface area contributed by atoms with Gasteiger partial charge in [0.15, 0.2) is 0 Å². The van der Waals surface area contributed by atoms with Crippen LogP contribution in [0.2, 0.25) is 5.02 Å². The van der Waals surface area contributed by atoms with Crippen LogP contribution in [0, 0.1) is 0 Å². The normalized spacial score (nSPS) is 10.1. The first-order valence-electron chi connectivity index (χ1n) is 5.55. The minimum absolute atomic E-state index is 0.0431. The van der Waals surface area contributed by atoms with E-state index in [-0.39, 0.29) is 13.2 Å². The van der Waals surface area contributed by atoms with E-state index in [0.717, 1.165) is 5.75 Å². The molecule has 0 radical (unpaired) electrons. The zero-order valence-corrected chi connectivity index (χ0v) is 10.4. The summed E-state index contributed by atoms with van der Waals surface area (Å²) in [6.45, 7) is 0.178. The van der Waals surface area contributed by atoms with Crippen LogP contribution in [-0.2, 0) is 0 Å². The summed E-state index contributed by atoms with van der Waals surface area (Å²) >= 11 is 6.04. The van der Waals surface area contributed by atoms with Crippen LogP contribution in [0.5, 0.6) is 17.2 Å². The van der Waals surface area contributed by atoms with Gasteiger partial charge in [-0.2, -0.15) is 0 Å². The average Bonchev–Trinajstić information content (AvgIpc) is 2.39. The van der Waals surface area contributed by atoms with E-state index in [0.29, 0.717) is 16.5 Å². The van der Waals surface area contributed by atoms with Crippen molar-refractivity contribution in [2.24, 2.45) is 0 Å². The van der Waals surface area contributed by atoms with E-state index in [9.17, 15) is 0 Å². The van der Waals surface area contributed by atoms with Gasteiger partial charge in [-0.3, -0.25) is 0 Å². The minimum Gasteiger partial charge on any atom is -0.490 e. The molecule has 0 atom stereocenters. The summed E-state index contributed by atoms with van der Waals surface area (Å²) in [4.78, 5) is 0. The standard InChI is InChI=1S/C14H13ClO3/c15-13-10-12(6-7-14(13)17-9-8-16)18-11-4-2-1-3-5-11/h1-7,10,16H,8-9H2. The van der Waals surface area contributed by atoms with Crippen molar-refractivity contribution in [2.45, 2.75) is 0 Å². The first-order chi connectivity index (χ1) is 8.79. The highest BCUT2D eigenvalue weighted by Crippen LogP contribution is 2.31. The summed E-state index contributed by atoms with van der Waals surface area (Å²) in [5.41, 5.74) is 0. The lowest BCUT2D eigenvalue weighted by molar-refractivity contribution is 0.201. The molecule has 0 saturated carbocycles. The first kappa shape index (κ1) is 12.7. The van der Waals surface area contributed by atoms with Gasteiger partial charge in [-0.25, -0.2) is 0 Å². The molecule has 0 aliphatic heterocycles. The summed E-state index contributed by atoms with van der Waals surface area (Å²) < 4.78 is 10.9. The Labute approximate surface area is 111 Å². The van der Waals surface area contributed by atoms with E-state index in [4.69, 9.17) is 26.2 Å². The Bertz CT molecular complexity index is 500. The third kappa shape index (κ3) is 3.39. The summed E-state index contributed by atoms with van der Waals surface area (Å²) in [5, 5.41) is 9.13. The lowest BCUT2D eigenvalue weighted by Gasteiger charge is -2.09. The highest BCUT2D eigenvalue weighted by Gasteiger charge is 2.04. The monoisotopic (exact) mass is 264 g/mol. The van der Waals surface area contributed by atoms with Crippen molar-refractivity contribution in [3.63, 3.8) is 0 Å². The molecular weight excluding hydrogens is 252 g/mol. The molecule has 0 spiro atoms. The highest BCUT2D eigenvalue weighted by molar-refractivity contribution is 6.32. The second kappa shape index (κ2) is 6.28. The van der Waals surface area contributed by atoms with Crippen molar-refractivity contribution < 1.29 is 14.6 Å². The van der Waals surface area contributed by atoms with E-state index < -0.39 is 0 Å². The molecule has 94 valence electrons. The molecule has 2 rings (SSSR count). The molecule has 0 unspecified atom stereocenters. The second-order valence-electron chi connectivity index (χ2n) is 3.58. The van der Waals surface area contributed by atoms with Crippen molar-refractivity contribution in [3.8, 4) is 17.2 Å². The number of rotatable bonds is 5. The Hall–Kier alpha value is -1.71. The lowest BCUT2D eigenvalue weighted by Crippen LogP contribution is -2.01. The highest BCUT2D eigenvalue weighted by atomic mass is 35.5. The fraction of sp³-hybridized carbons (Fsp3) is 0.143. The maximum atomic E-state index is 8.68. The van der Waals surface area contributed by atoms with E-state index in [1.54, 1.807) is 18.2 Å². The van der Waals surface area contributed by atoms with Crippen molar-refractivity contribution >= 4 is 11.6 Å². The fourth-order valence-electron chi connectivity index (χ4n) is 1.44. The lowest BCUT2D eigenvalue weighted by atomic mass is 10.3. The Morgan fingerprint density at radius 1 is 1.00 bits per heavy atom. The summed E-state index contributed by atoms with van der Waals surface area (Å²) in [5.74, 6) is 1.92. The Kier molecular flexibility index (Phi) is 4.45. The van der Waals surface area contributed by atoms with E-state index in [1.807, 2.05) is 30.3 Å². The number of para-hydroxylation sites is 1. The van der Waals surface area contributed by atoms with E-state index in [1.165, 1.54) is 0 Å². The second-order valence-corrected chi connectivity index (χ2v) is 3.99. The van der Waals surface area contributed by atoms with Crippen LogP contribution < -0.4 is 9.47 Å². The minimum atomic E-state index is -0.0431. The van der Waals surface area contributed by atoms with Gasteiger partial charge in [-0.1, -0.05) is 29.8 Å². The van der Waals surface area contributed by atoms with Crippen molar-refractivity contribution in [1.29, 1.82) is 0 Å². The van der Waals surface area contributed by atoms with Crippen LogP contribution in [0.4, 0.5) is 0 Å². The van der Waals surface area contributed by atoms with Gasteiger partial charge in [-0.05, 0) is 24.3 Å². The maximum absolute atomic E-state index is 8.68. The van der Waals surface area contributed by atoms with Gasteiger partial charge in [0.05, 0.1) is 11.6 Å². The predicted octanol–water partition coefficient (Wildman–Crippen LogP) is 3.50. The molecule has 1 N–H and O–H groups in total. The topological polar surface area (TPSA) is 38.7 Å². The molecular formula is C14H13ClO3. The predicted molar refractivity (Wildman–Crippen MR) is 70.5 cm³/mol. The SMILES string of the molecule is OCCOc1ccc(Oc2ccccc2)cc1Cl. The van der Waals surface area contributed by atoms with Gasteiger partial charge >= 0.3 is 0 Å². The van der Waals surface area contributed by atoms with Crippen molar-refractivity contribution in [2.75, 3.05) is 13.2 Å². The number of aliphatic hydroxyl groups excluding tert-OH is 1. The van der Waals surface area contributed by atoms with Crippen LogP contribution in [0.3, 0.4) is 0 Å². The Balaban J connectivity index is 2.09. The summed E-state index contributed by atoms with van der Waals surface area (Å²) in [7, 11) is 0. The molecule has 0 bridgehead atoms. The van der Waals surface area contributed by atoms with Crippen LogP contribution >= 0.6 is 11.6 Å². The quantitative estimate of drug-likeness (QED) is 0.898. The van der Waals surface area contributed by atoms with Gasteiger partial charge in [-0.15, -0.1) is 0 Å². The number of hydrogen-bond donors (Lipinski definition) is 1. The van der Waals surface area contributed by atoms with Crippen LogP contribution in [-0.4, -0.2) is 18.3 Å². The molecule has 18 heavy (non-hydrogen) atoms. The number of benzene rings is 2. The van der Waals surface area contributed by atoms with Gasteiger partial charge in [0.1, 0.15) is 23.9 Å². The van der Waals surface area contributed by atoms with Gasteiger partial charge in [0.25, 0.3) is 0 Å². The molecule has 0 aliphatic carbocycles. The molecule has 2 aromatic carbocycles. The first-order valence-corrected chi connectivity index (χ1v) is 5.93. The zero-order valence-electron chi connectivity index (χ0n) is 9.67. The number of halogens is 1. The molecule has 3 nitrogen and oxygen atoms in total. The third-order valence-corrected chi connectivity index (χ3v) is 2.53. The molecule has 0 fully saturated rings. The molecule has 2 aromatic rings. The molecule has 0 saturated heterocycles. The molecule has 0 heterocycles. The van der Waals surface area contributed by atoms with E-state index >= 15 is 0 Å². The van der Waals surface area contributed by atoms with Gasteiger partial charge in [0.2, 0.25) is 0 Å². The van der Waals surface area contributed by atoms with Gasteiger partial charge in [0, 0.05) is 6.07 Å². The van der Waals surface area contributed by atoms with E-state index in [2.05, 4.69) is 0 Å². The van der Waals surface area contributed by atoms with Crippen molar-refractivity contribution in [3.05, 3.63) is 53.6 Å². The number of hydrogen-bond acceptors (Lipinski definition) is 3. The van der Waals surface area contributed by atoms with Crippen LogP contribution in [0.15, 0.2) is 48.5 Å². The number of ether oxygens (including phenoxy) is 2. The van der Waals surface area contributed by atoms with Gasteiger partial charge < -0.3 is 14.6 Å². The summed E-state index contributed by atoms with van der Waals surface area (Å²) in [6, 6.07) is 14.6. The summed E-state index contributed by atoms with van der Waals surface area (Å²) in [6.07, 6.45) is 0. The Morgan fingerprint density at radius 2 is 1.78 bits per heavy atom. The van der Waals surface area contributed by atoms with Crippen LogP contribution in [0.25, 0.3) is 0 Å². The molecule has 0 amide bonds. The smallest absolute Gasteiger partial charge is 0.138 e. The van der Waals surface area contributed by atoms with Crippen LogP contribution in [0.1, 0.15) is 0 Å². The molecule has 4 heteroatoms. The average molecular weight is 265 g/mol. The third-order valence-electron chi connectivity index (χ3n) is 2.23. The largest absolute Gasteiger partial charge is 0.490 e. The zero-order chi connectivity index (χ0) is 12.8. The molecule has 0 aromatic heterocycles. The molecule has 0 aliphatic rings. The fourth-order valence-corrected chi connectivity index (χ4v) is 1.67.